The van der Waals surface area contributed by atoms with Crippen molar-refractivity contribution in [2.75, 3.05) is 49.8 Å². The Hall–Kier alpha value is -3.41. The number of pyridine rings is 1. The molecule has 1 aromatic carbocycles. The number of nitriles is 1. The van der Waals surface area contributed by atoms with Gasteiger partial charge in [-0.1, -0.05) is 12.1 Å². The topological polar surface area (TPSA) is 85.4 Å². The Labute approximate surface area is 204 Å². The maximum atomic E-state index is 9.35. The highest BCUT2D eigenvalue weighted by Crippen LogP contribution is 2.28. The second kappa shape index (κ2) is 10.2. The fraction of sp³-hybridized carbons (Fsp3) is 0.360. The van der Waals surface area contributed by atoms with E-state index in [0.717, 1.165) is 65.5 Å². The molecule has 4 aromatic rings. The number of alkyl halides is 1. The van der Waals surface area contributed by atoms with E-state index in [-0.39, 0.29) is 0 Å². The van der Waals surface area contributed by atoms with Gasteiger partial charge in [-0.05, 0) is 44.2 Å². The Morgan fingerprint density at radius 1 is 1.09 bits per heavy atom. The molecule has 34 heavy (non-hydrogen) atoms. The van der Waals surface area contributed by atoms with E-state index in [1.54, 1.807) is 0 Å². The van der Waals surface area contributed by atoms with Gasteiger partial charge in [-0.2, -0.15) is 10.2 Å². The number of hydrogen-bond acceptors (Lipinski definition) is 7. The first kappa shape index (κ1) is 23.7. The zero-order valence-electron chi connectivity index (χ0n) is 20.0. The van der Waals surface area contributed by atoms with Crippen LogP contribution in [0, 0.1) is 25.2 Å². The number of nitrogens with one attached hydrogen (secondary N) is 1. The van der Waals surface area contributed by atoms with Crippen LogP contribution in [0.25, 0.3) is 16.7 Å². The Morgan fingerprint density at radius 3 is 2.59 bits per heavy atom. The van der Waals surface area contributed by atoms with Crippen LogP contribution < -0.4 is 10.2 Å². The molecule has 0 unspecified atom stereocenters. The van der Waals surface area contributed by atoms with Crippen molar-refractivity contribution in [2.24, 2.45) is 0 Å². The molecule has 0 aliphatic carbocycles. The van der Waals surface area contributed by atoms with Crippen LogP contribution in [0.2, 0.25) is 0 Å². The van der Waals surface area contributed by atoms with E-state index in [4.69, 9.17) is 9.97 Å². The molecule has 0 spiro atoms. The second-order valence-electron chi connectivity index (χ2n) is 8.40. The highest BCUT2D eigenvalue weighted by Gasteiger charge is 2.18. The molecule has 9 heteroatoms. The van der Waals surface area contributed by atoms with Crippen LogP contribution in [0.15, 0.2) is 36.7 Å². The number of likely N-dealkylation sites (N-methyl/N-ethyl adjacent to an activating group) is 1. The predicted molar refractivity (Wildman–Crippen MR) is 138 cm³/mol. The molecule has 5 rings (SSSR count). The highest BCUT2D eigenvalue weighted by atomic mass is 35.5. The minimum Gasteiger partial charge on any atom is -0.365 e. The Bertz CT molecular complexity index is 1350. The quantitative estimate of drug-likeness (QED) is 0.446. The van der Waals surface area contributed by atoms with E-state index < -0.39 is 0 Å². The second-order valence-corrected chi connectivity index (χ2v) is 8.40. The van der Waals surface area contributed by atoms with Crippen LogP contribution in [0.5, 0.6) is 0 Å². The van der Waals surface area contributed by atoms with E-state index in [2.05, 4.69) is 50.9 Å². The van der Waals surface area contributed by atoms with Crippen molar-refractivity contribution in [1.82, 2.24) is 24.3 Å². The Morgan fingerprint density at radius 2 is 1.85 bits per heavy atom. The van der Waals surface area contributed by atoms with Gasteiger partial charge in [0.1, 0.15) is 11.6 Å². The SMILES string of the molecule is CCl.Cc1c(C#N)cccc1CNc1nc2ncc(C)n2c2cnc(N3CCN(C)CC3)cc12. The fourth-order valence-electron chi connectivity index (χ4n) is 4.28. The maximum absolute atomic E-state index is 9.35. The van der Waals surface area contributed by atoms with E-state index in [1.165, 1.54) is 6.38 Å². The number of aromatic nitrogens is 4. The predicted octanol–water partition coefficient (Wildman–Crippen LogP) is 3.98. The van der Waals surface area contributed by atoms with Crippen molar-refractivity contribution < 1.29 is 0 Å². The van der Waals surface area contributed by atoms with E-state index in [1.807, 2.05) is 48.8 Å². The van der Waals surface area contributed by atoms with Crippen LogP contribution in [0.3, 0.4) is 0 Å². The van der Waals surface area contributed by atoms with E-state index in [0.29, 0.717) is 17.9 Å². The van der Waals surface area contributed by atoms with Gasteiger partial charge in [-0.15, -0.1) is 11.6 Å². The Kier molecular flexibility index (Phi) is 7.15. The standard InChI is InChI=1S/C24H26N8.CH3Cl/c1-16-13-28-24-29-23(27-14-19-6-4-5-18(12-25)17(19)2)20-11-22(26-15-21(20)32(16)24)31-9-7-30(3)8-10-31;1-2/h4-6,11,13,15H,7-10,14H2,1-3H3,(H,27,28,29);1H3. The third-order valence-corrected chi connectivity index (χ3v) is 6.34. The molecule has 0 amide bonds. The third-order valence-electron chi connectivity index (χ3n) is 6.34. The maximum Gasteiger partial charge on any atom is 0.236 e. The zero-order chi connectivity index (χ0) is 24.2. The number of benzene rings is 1. The smallest absolute Gasteiger partial charge is 0.236 e. The Balaban J connectivity index is 0.00000133. The molecule has 4 heterocycles. The van der Waals surface area contributed by atoms with Gasteiger partial charge in [-0.25, -0.2) is 9.97 Å². The van der Waals surface area contributed by atoms with Crippen molar-refractivity contribution in [2.45, 2.75) is 20.4 Å². The van der Waals surface area contributed by atoms with Gasteiger partial charge in [0.15, 0.2) is 0 Å². The molecule has 0 radical (unpaired) electrons. The summed E-state index contributed by atoms with van der Waals surface area (Å²) in [5.41, 5.74) is 4.77. The summed E-state index contributed by atoms with van der Waals surface area (Å²) in [6.45, 7) is 8.55. The zero-order valence-corrected chi connectivity index (χ0v) is 20.8. The minimum absolute atomic E-state index is 0.575. The lowest BCUT2D eigenvalue weighted by molar-refractivity contribution is 0.312. The number of halogens is 1. The van der Waals surface area contributed by atoms with Gasteiger partial charge >= 0.3 is 0 Å². The number of aryl methyl sites for hydroxylation is 1. The first-order valence-corrected chi connectivity index (χ1v) is 12.0. The number of fused-ring (bicyclic) bond motifs is 3. The van der Waals surface area contributed by atoms with Gasteiger partial charge < -0.3 is 15.1 Å². The summed E-state index contributed by atoms with van der Waals surface area (Å²) >= 11 is 4.64. The molecule has 0 bridgehead atoms. The minimum atomic E-state index is 0.575. The van der Waals surface area contributed by atoms with Crippen LogP contribution in [0.1, 0.15) is 22.4 Å². The number of nitrogens with zero attached hydrogens (tertiary/aromatic N) is 7. The monoisotopic (exact) mass is 476 g/mol. The summed E-state index contributed by atoms with van der Waals surface area (Å²) in [4.78, 5) is 18.8. The first-order valence-electron chi connectivity index (χ1n) is 11.2. The summed E-state index contributed by atoms with van der Waals surface area (Å²) in [5.74, 6) is 2.39. The van der Waals surface area contributed by atoms with Crippen LogP contribution in [-0.2, 0) is 6.54 Å². The summed E-state index contributed by atoms with van der Waals surface area (Å²) < 4.78 is 2.04. The van der Waals surface area contributed by atoms with Gasteiger partial charge in [-0.3, -0.25) is 4.40 Å². The van der Waals surface area contributed by atoms with Crippen LogP contribution >= 0.6 is 11.6 Å². The molecule has 3 aromatic heterocycles. The van der Waals surface area contributed by atoms with Crippen molar-refractivity contribution in [1.29, 1.82) is 5.26 Å². The van der Waals surface area contributed by atoms with Gasteiger partial charge in [0.25, 0.3) is 0 Å². The summed E-state index contributed by atoms with van der Waals surface area (Å²) in [6, 6.07) is 10.2. The molecule has 1 saturated heterocycles. The molecular formula is C25H29ClN8. The first-order chi connectivity index (χ1) is 16.5. The van der Waals surface area contributed by atoms with Crippen molar-refractivity contribution in [3.05, 3.63) is 59.0 Å². The van der Waals surface area contributed by atoms with Crippen LogP contribution in [0.4, 0.5) is 11.6 Å². The average molecular weight is 477 g/mol. The lowest BCUT2D eigenvalue weighted by Crippen LogP contribution is -2.44. The molecule has 176 valence electrons. The summed E-state index contributed by atoms with van der Waals surface area (Å²) in [6.07, 6.45) is 5.24. The van der Waals surface area contributed by atoms with Gasteiger partial charge in [0.2, 0.25) is 5.78 Å². The van der Waals surface area contributed by atoms with Crippen molar-refractivity contribution >= 4 is 39.9 Å². The molecule has 1 fully saturated rings. The van der Waals surface area contributed by atoms with Crippen LogP contribution in [-0.4, -0.2) is 63.9 Å². The largest absolute Gasteiger partial charge is 0.365 e. The van der Waals surface area contributed by atoms with E-state index >= 15 is 0 Å². The average Bonchev–Trinajstić information content (AvgIpc) is 3.25. The molecular weight excluding hydrogens is 448 g/mol. The van der Waals surface area contributed by atoms with Crippen molar-refractivity contribution in [3.63, 3.8) is 0 Å². The molecule has 8 nitrogen and oxygen atoms in total. The summed E-state index contributed by atoms with van der Waals surface area (Å²) in [7, 11) is 2.15. The molecule has 0 atom stereocenters. The number of anilines is 2. The normalized spacial score (nSPS) is 14.1. The van der Waals surface area contributed by atoms with Crippen molar-refractivity contribution in [3.8, 4) is 6.07 Å². The fourth-order valence-corrected chi connectivity index (χ4v) is 4.28. The lowest BCUT2D eigenvalue weighted by atomic mass is 10.0. The van der Waals surface area contributed by atoms with Gasteiger partial charge in [0.05, 0.1) is 29.5 Å². The molecule has 1 N–H and O–H groups in total. The van der Waals surface area contributed by atoms with E-state index in [9.17, 15) is 5.26 Å². The third kappa shape index (κ3) is 4.49. The lowest BCUT2D eigenvalue weighted by Gasteiger charge is -2.33. The molecule has 0 saturated carbocycles. The number of imidazole rings is 1. The molecule has 1 aliphatic rings. The number of hydrogen-bond donors (Lipinski definition) is 1. The summed E-state index contributed by atoms with van der Waals surface area (Å²) in [5, 5.41) is 13.9. The highest BCUT2D eigenvalue weighted by molar-refractivity contribution is 6.15. The van der Waals surface area contributed by atoms with Gasteiger partial charge in [0, 0.05) is 50.2 Å². The number of rotatable bonds is 4. The molecule has 1 aliphatic heterocycles. The number of piperazine rings is 1.